The second-order valence-corrected chi connectivity index (χ2v) is 4.69. The number of carbonyl (C=O) groups is 1. The van der Waals surface area contributed by atoms with Crippen LogP contribution in [0.2, 0.25) is 0 Å². The van der Waals surface area contributed by atoms with Crippen molar-refractivity contribution in [2.45, 2.75) is 38.0 Å². The van der Waals surface area contributed by atoms with E-state index in [-0.39, 0.29) is 11.9 Å². The summed E-state index contributed by atoms with van der Waals surface area (Å²) in [5, 5.41) is 8.84. The van der Waals surface area contributed by atoms with Crippen LogP contribution in [0.3, 0.4) is 0 Å². The summed E-state index contributed by atoms with van der Waals surface area (Å²) in [6, 6.07) is 0.254. The molecule has 6 nitrogen and oxygen atoms in total. The summed E-state index contributed by atoms with van der Waals surface area (Å²) in [6.45, 7) is 4.45. The molecule has 0 bridgehead atoms. The van der Waals surface area contributed by atoms with Crippen molar-refractivity contribution in [3.8, 4) is 0 Å². The van der Waals surface area contributed by atoms with Gasteiger partial charge >= 0.3 is 0 Å². The molecule has 16 heavy (non-hydrogen) atoms. The molecular weight excluding hydrogens is 226 g/mol. The van der Waals surface area contributed by atoms with Gasteiger partial charge in [0, 0.05) is 18.2 Å². The number of aromatic nitrogens is 3. The van der Waals surface area contributed by atoms with E-state index in [1.807, 2.05) is 18.4 Å². The Hall–Kier alpha value is -1.08. The highest BCUT2D eigenvalue weighted by molar-refractivity contribution is 7.99. The Morgan fingerprint density at radius 3 is 2.69 bits per heavy atom. The molecular formula is C9H17N5OS. The van der Waals surface area contributed by atoms with Gasteiger partial charge in [-0.25, -0.2) is 0 Å². The van der Waals surface area contributed by atoms with Crippen LogP contribution in [0.5, 0.6) is 0 Å². The Labute approximate surface area is 98.8 Å². The smallest absolute Gasteiger partial charge is 0.218 e. The van der Waals surface area contributed by atoms with E-state index in [4.69, 9.17) is 11.5 Å². The molecule has 0 saturated heterocycles. The summed E-state index contributed by atoms with van der Waals surface area (Å²) < 4.78 is 1.98. The average molecular weight is 243 g/mol. The molecule has 1 heterocycles. The van der Waals surface area contributed by atoms with Gasteiger partial charge in [-0.1, -0.05) is 11.8 Å². The SMILES string of the molecule is CC(C)n1c(CN)nnc1SCCC(N)=O. The minimum Gasteiger partial charge on any atom is -0.370 e. The molecule has 0 radical (unpaired) electrons. The predicted octanol–water partition coefficient (Wildman–Crippen LogP) is 0.285. The Morgan fingerprint density at radius 2 is 2.19 bits per heavy atom. The van der Waals surface area contributed by atoms with Crippen molar-refractivity contribution in [2.24, 2.45) is 11.5 Å². The topological polar surface area (TPSA) is 99.8 Å². The lowest BCUT2D eigenvalue weighted by atomic mass is 10.4. The molecule has 0 aliphatic carbocycles. The highest BCUT2D eigenvalue weighted by atomic mass is 32.2. The van der Waals surface area contributed by atoms with Crippen LogP contribution < -0.4 is 11.5 Å². The molecule has 0 spiro atoms. The third kappa shape index (κ3) is 3.21. The maximum Gasteiger partial charge on any atom is 0.218 e. The van der Waals surface area contributed by atoms with E-state index in [0.29, 0.717) is 18.7 Å². The molecule has 0 unspecified atom stereocenters. The third-order valence-electron chi connectivity index (χ3n) is 2.01. The highest BCUT2D eigenvalue weighted by Gasteiger charge is 2.13. The summed E-state index contributed by atoms with van der Waals surface area (Å²) in [6.07, 6.45) is 0.341. The van der Waals surface area contributed by atoms with Crippen LogP contribution in [0, 0.1) is 0 Å². The number of carbonyl (C=O) groups excluding carboxylic acids is 1. The van der Waals surface area contributed by atoms with Crippen LogP contribution in [-0.2, 0) is 11.3 Å². The first-order valence-corrected chi connectivity index (χ1v) is 6.09. The molecule has 0 saturated carbocycles. The van der Waals surface area contributed by atoms with E-state index >= 15 is 0 Å². The maximum absolute atomic E-state index is 10.6. The predicted molar refractivity (Wildman–Crippen MR) is 62.8 cm³/mol. The Balaban J connectivity index is 2.72. The molecule has 0 aliphatic rings. The van der Waals surface area contributed by atoms with Crippen LogP contribution in [0.15, 0.2) is 5.16 Å². The quantitative estimate of drug-likeness (QED) is 0.699. The normalized spacial score (nSPS) is 11.0. The molecule has 90 valence electrons. The number of thioether (sulfide) groups is 1. The second-order valence-electron chi connectivity index (χ2n) is 3.63. The standard InChI is InChI=1S/C9H17N5OS/c1-6(2)14-8(5-10)12-13-9(14)16-4-3-7(11)15/h6H,3-5,10H2,1-2H3,(H2,11,15). The van der Waals surface area contributed by atoms with Gasteiger partial charge in [0.2, 0.25) is 5.91 Å². The minimum absolute atomic E-state index is 0.254. The lowest BCUT2D eigenvalue weighted by molar-refractivity contribution is -0.117. The van der Waals surface area contributed by atoms with E-state index < -0.39 is 0 Å². The molecule has 1 rings (SSSR count). The summed E-state index contributed by atoms with van der Waals surface area (Å²) in [4.78, 5) is 10.6. The second kappa shape index (κ2) is 5.86. The van der Waals surface area contributed by atoms with Gasteiger partial charge in [0.05, 0.1) is 6.54 Å². The van der Waals surface area contributed by atoms with Crippen molar-refractivity contribution in [1.82, 2.24) is 14.8 Å². The first-order chi connectivity index (χ1) is 7.56. The van der Waals surface area contributed by atoms with Crippen LogP contribution in [0.4, 0.5) is 0 Å². The molecule has 7 heteroatoms. The lowest BCUT2D eigenvalue weighted by Gasteiger charge is -2.12. The summed E-state index contributed by atoms with van der Waals surface area (Å²) in [7, 11) is 0. The highest BCUT2D eigenvalue weighted by Crippen LogP contribution is 2.21. The molecule has 1 aromatic heterocycles. The monoisotopic (exact) mass is 243 g/mol. The number of nitrogens with two attached hydrogens (primary N) is 2. The van der Waals surface area contributed by atoms with Gasteiger partial charge in [-0.05, 0) is 13.8 Å². The van der Waals surface area contributed by atoms with Crippen molar-refractivity contribution in [3.63, 3.8) is 0 Å². The van der Waals surface area contributed by atoms with E-state index in [1.165, 1.54) is 11.8 Å². The zero-order valence-corrected chi connectivity index (χ0v) is 10.3. The van der Waals surface area contributed by atoms with Crippen molar-refractivity contribution in [1.29, 1.82) is 0 Å². The van der Waals surface area contributed by atoms with Crippen molar-refractivity contribution in [3.05, 3.63) is 5.82 Å². The molecule has 0 fully saturated rings. The number of amides is 1. The van der Waals surface area contributed by atoms with Crippen LogP contribution >= 0.6 is 11.8 Å². The number of nitrogens with zero attached hydrogens (tertiary/aromatic N) is 3. The number of rotatable bonds is 6. The average Bonchev–Trinajstić information content (AvgIpc) is 2.60. The van der Waals surface area contributed by atoms with Gasteiger partial charge in [-0.3, -0.25) is 4.79 Å². The third-order valence-corrected chi connectivity index (χ3v) is 2.96. The van der Waals surface area contributed by atoms with Crippen molar-refractivity contribution in [2.75, 3.05) is 5.75 Å². The van der Waals surface area contributed by atoms with Gasteiger partial charge in [0.15, 0.2) is 5.16 Å². The zero-order valence-electron chi connectivity index (χ0n) is 9.51. The molecule has 1 amide bonds. The van der Waals surface area contributed by atoms with Gasteiger partial charge in [-0.15, -0.1) is 10.2 Å². The summed E-state index contributed by atoms with van der Waals surface area (Å²) >= 11 is 1.47. The van der Waals surface area contributed by atoms with E-state index in [2.05, 4.69) is 10.2 Å². The van der Waals surface area contributed by atoms with Gasteiger partial charge < -0.3 is 16.0 Å². The largest absolute Gasteiger partial charge is 0.370 e. The van der Waals surface area contributed by atoms with Gasteiger partial charge in [0.25, 0.3) is 0 Å². The summed E-state index contributed by atoms with van der Waals surface area (Å²) in [5.41, 5.74) is 10.6. The van der Waals surface area contributed by atoms with Crippen molar-refractivity contribution >= 4 is 17.7 Å². The van der Waals surface area contributed by atoms with Crippen molar-refractivity contribution < 1.29 is 4.79 Å². The van der Waals surface area contributed by atoms with Crippen LogP contribution in [0.25, 0.3) is 0 Å². The fraction of sp³-hybridized carbons (Fsp3) is 0.667. The number of primary amides is 1. The zero-order chi connectivity index (χ0) is 12.1. The Morgan fingerprint density at radius 1 is 1.50 bits per heavy atom. The van der Waals surface area contributed by atoms with Gasteiger partial charge in [-0.2, -0.15) is 0 Å². The minimum atomic E-state index is -0.304. The van der Waals surface area contributed by atoms with Gasteiger partial charge in [0.1, 0.15) is 5.82 Å². The lowest BCUT2D eigenvalue weighted by Crippen LogP contribution is -2.13. The number of hydrogen-bond donors (Lipinski definition) is 2. The fourth-order valence-corrected chi connectivity index (χ4v) is 2.35. The fourth-order valence-electron chi connectivity index (χ4n) is 1.31. The van der Waals surface area contributed by atoms with Crippen LogP contribution in [0.1, 0.15) is 32.1 Å². The first-order valence-electron chi connectivity index (χ1n) is 5.11. The molecule has 4 N–H and O–H groups in total. The Kier molecular flexibility index (Phi) is 4.75. The molecule has 1 aromatic rings. The maximum atomic E-state index is 10.6. The molecule has 0 atom stereocenters. The van der Waals surface area contributed by atoms with E-state index in [9.17, 15) is 4.79 Å². The Bertz CT molecular complexity index is 363. The molecule has 0 aliphatic heterocycles. The van der Waals surface area contributed by atoms with Crippen LogP contribution in [-0.4, -0.2) is 26.4 Å². The molecule has 0 aromatic carbocycles. The first kappa shape index (κ1) is 13.0. The van der Waals surface area contributed by atoms with E-state index in [0.717, 1.165) is 11.0 Å². The number of hydrogen-bond acceptors (Lipinski definition) is 5. The summed E-state index contributed by atoms with van der Waals surface area (Å²) in [5.74, 6) is 1.07. The van der Waals surface area contributed by atoms with E-state index in [1.54, 1.807) is 0 Å².